The van der Waals surface area contributed by atoms with Crippen molar-refractivity contribution in [1.29, 1.82) is 0 Å². The molecule has 2 aromatic rings. The van der Waals surface area contributed by atoms with Crippen LogP contribution >= 0.6 is 11.6 Å². The number of benzene rings is 2. The molecule has 1 aliphatic rings. The Bertz CT molecular complexity index is 810. The molecule has 0 aliphatic carbocycles. The van der Waals surface area contributed by atoms with E-state index in [4.69, 9.17) is 16.3 Å². The minimum Gasteiger partial charge on any atom is -0.468 e. The van der Waals surface area contributed by atoms with Gasteiger partial charge in [0.25, 0.3) is 17.9 Å². The third-order valence-corrected chi connectivity index (χ3v) is 3.54. The van der Waals surface area contributed by atoms with Gasteiger partial charge < -0.3 is 15.4 Å². The third-order valence-electron chi connectivity index (χ3n) is 3.30. The van der Waals surface area contributed by atoms with Crippen LogP contribution in [0.1, 0.15) is 5.56 Å². The molecular weight excluding hydrogens is 323 g/mol. The van der Waals surface area contributed by atoms with E-state index in [2.05, 4.69) is 10.6 Å². The first-order valence-electron chi connectivity index (χ1n) is 6.78. The molecule has 0 unspecified atom stereocenters. The van der Waals surface area contributed by atoms with E-state index < -0.39 is 23.7 Å². The fourth-order valence-electron chi connectivity index (χ4n) is 2.18. The Labute approximate surface area is 136 Å². The highest BCUT2D eigenvalue weighted by Gasteiger charge is 2.34. The molecule has 2 amide bonds. The maximum absolute atomic E-state index is 13.7. The average molecular weight is 335 g/mol. The number of hydrogen-bond donors (Lipinski definition) is 2. The van der Waals surface area contributed by atoms with Gasteiger partial charge >= 0.3 is 0 Å². The Balaban J connectivity index is 1.80. The number of halogens is 2. The molecule has 0 saturated heterocycles. The van der Waals surface area contributed by atoms with Crippen LogP contribution in [0.15, 0.2) is 36.4 Å². The van der Waals surface area contributed by atoms with Gasteiger partial charge in [0.15, 0.2) is 0 Å². The Kier molecular flexibility index (Phi) is 3.92. The normalized spacial score (nSPS) is 16.1. The van der Waals surface area contributed by atoms with Crippen molar-refractivity contribution in [2.75, 3.05) is 10.6 Å². The maximum atomic E-state index is 13.7. The lowest BCUT2D eigenvalue weighted by molar-refractivity contribution is -0.133. The maximum Gasteiger partial charge on any atom is 0.275 e. The van der Waals surface area contributed by atoms with Gasteiger partial charge in [0.1, 0.15) is 11.6 Å². The van der Waals surface area contributed by atoms with E-state index in [-0.39, 0.29) is 10.7 Å². The lowest BCUT2D eigenvalue weighted by Gasteiger charge is -2.25. The van der Waals surface area contributed by atoms with E-state index in [9.17, 15) is 14.0 Å². The van der Waals surface area contributed by atoms with Gasteiger partial charge in [-0.3, -0.25) is 9.59 Å². The van der Waals surface area contributed by atoms with Crippen molar-refractivity contribution < 1.29 is 18.7 Å². The number of nitrogens with one attached hydrogen (secondary N) is 2. The summed E-state index contributed by atoms with van der Waals surface area (Å²) in [6, 6.07) is 9.00. The molecule has 1 heterocycles. The summed E-state index contributed by atoms with van der Waals surface area (Å²) in [6.45, 7) is 1.87. The number of rotatable bonds is 2. The summed E-state index contributed by atoms with van der Waals surface area (Å²) in [5.41, 5.74) is 1.36. The van der Waals surface area contributed by atoms with Gasteiger partial charge in [0.2, 0.25) is 0 Å². The molecule has 118 valence electrons. The molecule has 0 spiro atoms. The summed E-state index contributed by atoms with van der Waals surface area (Å²) in [6.07, 6.45) is -1.40. The smallest absolute Gasteiger partial charge is 0.275 e. The lowest BCUT2D eigenvalue weighted by Crippen LogP contribution is -2.45. The summed E-state index contributed by atoms with van der Waals surface area (Å²) >= 11 is 5.65. The number of anilines is 2. The van der Waals surface area contributed by atoms with Crippen molar-refractivity contribution >= 4 is 34.8 Å². The number of carbonyl (C=O) groups excluding carboxylic acids is 2. The zero-order valence-electron chi connectivity index (χ0n) is 12.0. The second kappa shape index (κ2) is 5.89. The molecular formula is C16H12ClFN2O3. The van der Waals surface area contributed by atoms with E-state index >= 15 is 0 Å². The van der Waals surface area contributed by atoms with E-state index in [0.717, 1.165) is 11.6 Å². The largest absolute Gasteiger partial charge is 0.468 e. The highest BCUT2D eigenvalue weighted by atomic mass is 35.5. The van der Waals surface area contributed by atoms with Crippen molar-refractivity contribution in [3.05, 3.63) is 52.8 Å². The number of fused-ring (bicyclic) bond motifs is 1. The molecule has 7 heteroatoms. The van der Waals surface area contributed by atoms with Gasteiger partial charge in [-0.25, -0.2) is 4.39 Å². The predicted octanol–water partition coefficient (Wildman–Crippen LogP) is 3.13. The van der Waals surface area contributed by atoms with Crippen molar-refractivity contribution in [1.82, 2.24) is 0 Å². The molecule has 1 aliphatic heterocycles. The van der Waals surface area contributed by atoms with Crippen LogP contribution in [0.3, 0.4) is 0 Å². The molecule has 3 rings (SSSR count). The summed E-state index contributed by atoms with van der Waals surface area (Å²) in [4.78, 5) is 24.2. The Hall–Kier alpha value is -2.60. The zero-order chi connectivity index (χ0) is 16.6. The van der Waals surface area contributed by atoms with E-state index in [1.165, 1.54) is 12.1 Å². The highest BCUT2D eigenvalue weighted by Crippen LogP contribution is 2.30. The molecule has 0 bridgehead atoms. The van der Waals surface area contributed by atoms with Gasteiger partial charge in [-0.15, -0.1) is 0 Å². The van der Waals surface area contributed by atoms with Gasteiger partial charge in [-0.05, 0) is 42.8 Å². The van der Waals surface area contributed by atoms with Crippen LogP contribution in [-0.4, -0.2) is 17.9 Å². The predicted molar refractivity (Wildman–Crippen MR) is 84.3 cm³/mol. The topological polar surface area (TPSA) is 67.4 Å². The number of hydrogen-bond acceptors (Lipinski definition) is 3. The lowest BCUT2D eigenvalue weighted by atomic mass is 10.1. The Morgan fingerprint density at radius 2 is 2.09 bits per heavy atom. The first-order valence-corrected chi connectivity index (χ1v) is 7.16. The quantitative estimate of drug-likeness (QED) is 0.829. The molecule has 5 nitrogen and oxygen atoms in total. The van der Waals surface area contributed by atoms with E-state index in [1.54, 1.807) is 18.2 Å². The summed E-state index contributed by atoms with van der Waals surface area (Å²) in [5, 5.41) is 5.13. The molecule has 0 saturated carbocycles. The number of aryl methyl sites for hydroxylation is 1. The van der Waals surface area contributed by atoms with E-state index in [1.807, 2.05) is 6.92 Å². The summed E-state index contributed by atoms with van der Waals surface area (Å²) in [5.74, 6) is -1.70. The zero-order valence-corrected chi connectivity index (χ0v) is 12.8. The van der Waals surface area contributed by atoms with Crippen LogP contribution in [0.4, 0.5) is 15.8 Å². The minimum absolute atomic E-state index is 0.0782. The van der Waals surface area contributed by atoms with Crippen molar-refractivity contribution in [2.24, 2.45) is 0 Å². The van der Waals surface area contributed by atoms with Crippen LogP contribution < -0.4 is 15.4 Å². The molecule has 23 heavy (non-hydrogen) atoms. The average Bonchev–Trinajstić information content (AvgIpc) is 2.49. The monoisotopic (exact) mass is 334 g/mol. The Morgan fingerprint density at radius 3 is 2.83 bits per heavy atom. The standard InChI is InChI=1S/C16H12ClFN2O3/c1-8-2-5-13-12(6-8)20-16(22)14(23-13)15(21)19-11-4-3-9(17)7-10(11)18/h2-7,14H,1H3,(H,19,21)(H,20,22)/t14-/m1/s1. The molecule has 1 atom stereocenters. The van der Waals surface area contributed by atoms with Gasteiger partial charge in [0, 0.05) is 5.02 Å². The fourth-order valence-corrected chi connectivity index (χ4v) is 2.34. The second-order valence-electron chi connectivity index (χ2n) is 5.10. The van der Waals surface area contributed by atoms with Crippen LogP contribution in [0, 0.1) is 12.7 Å². The highest BCUT2D eigenvalue weighted by molar-refractivity contribution is 6.30. The molecule has 0 aromatic heterocycles. The van der Waals surface area contributed by atoms with Gasteiger partial charge in [-0.2, -0.15) is 0 Å². The SMILES string of the molecule is Cc1ccc2c(c1)NC(=O)[C@@H](C(=O)Nc1ccc(Cl)cc1F)O2. The fraction of sp³-hybridized carbons (Fsp3) is 0.125. The first-order chi connectivity index (χ1) is 10.9. The summed E-state index contributed by atoms with van der Waals surface area (Å²) < 4.78 is 19.1. The van der Waals surface area contributed by atoms with Crippen LogP contribution in [0.2, 0.25) is 5.02 Å². The third kappa shape index (κ3) is 3.12. The van der Waals surface area contributed by atoms with Crippen molar-refractivity contribution in [3.63, 3.8) is 0 Å². The first kappa shape index (κ1) is 15.3. The van der Waals surface area contributed by atoms with Crippen molar-refractivity contribution in [3.8, 4) is 5.75 Å². The van der Waals surface area contributed by atoms with Crippen LogP contribution in [0.5, 0.6) is 5.75 Å². The van der Waals surface area contributed by atoms with Gasteiger partial charge in [-0.1, -0.05) is 17.7 Å². The molecule has 0 radical (unpaired) electrons. The number of amides is 2. The molecule has 2 N–H and O–H groups in total. The van der Waals surface area contributed by atoms with Gasteiger partial charge in [0.05, 0.1) is 11.4 Å². The summed E-state index contributed by atoms with van der Waals surface area (Å²) in [7, 11) is 0. The Morgan fingerprint density at radius 1 is 1.30 bits per heavy atom. The van der Waals surface area contributed by atoms with E-state index in [0.29, 0.717) is 11.4 Å². The van der Waals surface area contributed by atoms with Crippen molar-refractivity contribution in [2.45, 2.75) is 13.0 Å². The second-order valence-corrected chi connectivity index (χ2v) is 5.54. The van der Waals surface area contributed by atoms with Crippen LogP contribution in [-0.2, 0) is 9.59 Å². The molecule has 2 aromatic carbocycles. The minimum atomic E-state index is -1.40. The van der Waals surface area contributed by atoms with Crippen LogP contribution in [0.25, 0.3) is 0 Å². The molecule has 0 fully saturated rings. The number of carbonyl (C=O) groups is 2. The number of ether oxygens (including phenoxy) is 1.